The molecule has 0 radical (unpaired) electrons. The molecule has 1 N–H and O–H groups in total. The number of allylic oxidation sites excluding steroid dienone is 1. The minimum Gasteiger partial charge on any atom is -0.494 e. The number of amides is 1. The number of nitrogens with zero attached hydrogens (tertiary/aromatic N) is 3. The molecule has 1 aliphatic rings. The topological polar surface area (TPSA) is 103 Å². The van der Waals surface area contributed by atoms with Crippen molar-refractivity contribution >= 4 is 46.1 Å². The number of nitriles is 1. The van der Waals surface area contributed by atoms with Crippen LogP contribution in [0.4, 0.5) is 4.39 Å². The van der Waals surface area contributed by atoms with Gasteiger partial charge in [-0.1, -0.05) is 42.2 Å². The number of aromatic hydroxyl groups is 1. The van der Waals surface area contributed by atoms with E-state index in [9.17, 15) is 29.1 Å². The first-order valence-electron chi connectivity index (χ1n) is 9.71. The van der Waals surface area contributed by atoms with Gasteiger partial charge >= 0.3 is 0 Å². The van der Waals surface area contributed by atoms with Crippen molar-refractivity contribution in [3.8, 4) is 11.9 Å². The van der Waals surface area contributed by atoms with E-state index in [4.69, 9.17) is 12.2 Å². The number of benzene rings is 1. The van der Waals surface area contributed by atoms with Gasteiger partial charge in [0.15, 0.2) is 5.78 Å². The zero-order valence-electron chi connectivity index (χ0n) is 17.5. The molecule has 0 saturated carbocycles. The molecule has 7 nitrogen and oxygen atoms in total. The van der Waals surface area contributed by atoms with E-state index in [0.29, 0.717) is 10.5 Å². The predicted molar refractivity (Wildman–Crippen MR) is 127 cm³/mol. The molecule has 1 aromatic heterocycles. The molecule has 1 amide bonds. The Morgan fingerprint density at radius 2 is 2.00 bits per heavy atom. The highest BCUT2D eigenvalue weighted by atomic mass is 32.2. The van der Waals surface area contributed by atoms with E-state index in [-0.39, 0.29) is 40.5 Å². The summed E-state index contributed by atoms with van der Waals surface area (Å²) in [5.74, 6) is -1.88. The van der Waals surface area contributed by atoms with Crippen LogP contribution < -0.4 is 5.56 Å². The Morgan fingerprint density at radius 1 is 1.33 bits per heavy atom. The second kappa shape index (κ2) is 9.94. The molecule has 168 valence electrons. The van der Waals surface area contributed by atoms with Crippen LogP contribution in [0.5, 0.6) is 5.88 Å². The Labute approximate surface area is 198 Å². The Hall–Kier alpha value is -3.55. The summed E-state index contributed by atoms with van der Waals surface area (Å²) in [7, 11) is 0. The second-order valence-corrected chi connectivity index (χ2v) is 8.75. The number of carbonyl (C=O) groups is 2. The molecule has 10 heteroatoms. The van der Waals surface area contributed by atoms with E-state index < -0.39 is 28.9 Å². The highest BCUT2D eigenvalue weighted by Gasteiger charge is 2.33. The summed E-state index contributed by atoms with van der Waals surface area (Å²) in [4.78, 5) is 39.7. The zero-order chi connectivity index (χ0) is 24.3. The van der Waals surface area contributed by atoms with Crippen LogP contribution >= 0.6 is 24.0 Å². The smallest absolute Gasteiger partial charge is 0.271 e. The van der Waals surface area contributed by atoms with Gasteiger partial charge in [-0.2, -0.15) is 5.26 Å². The number of pyridine rings is 1. The number of halogens is 1. The van der Waals surface area contributed by atoms with E-state index in [2.05, 4.69) is 6.58 Å². The third-order valence-corrected chi connectivity index (χ3v) is 6.37. The molecule has 33 heavy (non-hydrogen) atoms. The van der Waals surface area contributed by atoms with Crippen LogP contribution in [0.1, 0.15) is 33.5 Å². The fourth-order valence-electron chi connectivity index (χ4n) is 3.32. The quantitative estimate of drug-likeness (QED) is 0.278. The SMILES string of the molecule is C=CCn1c(O)c(C(=O)CCN2C(=O)/C(=C/c3ccc(F)cc3)SC2=S)c(C)c(C#N)c1=O. The number of ketones is 1. The van der Waals surface area contributed by atoms with Crippen molar-refractivity contribution in [2.45, 2.75) is 19.9 Å². The van der Waals surface area contributed by atoms with Gasteiger partial charge in [-0.05, 0) is 36.3 Å². The van der Waals surface area contributed by atoms with E-state index >= 15 is 0 Å². The summed E-state index contributed by atoms with van der Waals surface area (Å²) < 4.78 is 14.3. The van der Waals surface area contributed by atoms with Gasteiger partial charge in [0.25, 0.3) is 11.5 Å². The van der Waals surface area contributed by atoms with Crippen molar-refractivity contribution in [2.75, 3.05) is 6.54 Å². The van der Waals surface area contributed by atoms with Crippen LogP contribution in [-0.4, -0.2) is 37.1 Å². The summed E-state index contributed by atoms with van der Waals surface area (Å²) in [6.45, 7) is 4.80. The van der Waals surface area contributed by atoms with Crippen molar-refractivity contribution < 1.29 is 19.1 Å². The fraction of sp³-hybridized carbons (Fsp3) is 0.174. The Morgan fingerprint density at radius 3 is 2.61 bits per heavy atom. The number of hydrogen-bond donors (Lipinski definition) is 1. The number of thiocarbonyl (C=S) groups is 1. The standard InChI is InChI=1S/C23H18FN3O4S2/c1-3-9-26-20(29)16(12-25)13(2)19(22(26)31)17(28)8-10-27-21(30)18(33-23(27)32)11-14-4-6-15(24)7-5-14/h3-7,11,31H,1,8-10H2,2H3/b18-11-. The number of carbonyl (C=O) groups excluding carboxylic acids is 2. The normalized spacial score (nSPS) is 14.6. The molecule has 1 saturated heterocycles. The van der Waals surface area contributed by atoms with E-state index in [1.807, 2.05) is 0 Å². The first-order valence-corrected chi connectivity index (χ1v) is 10.9. The van der Waals surface area contributed by atoms with Crippen LogP contribution in [0.25, 0.3) is 6.08 Å². The fourth-order valence-corrected chi connectivity index (χ4v) is 4.63. The minimum absolute atomic E-state index is 0.0500. The maximum Gasteiger partial charge on any atom is 0.271 e. The summed E-state index contributed by atoms with van der Waals surface area (Å²) in [6, 6.07) is 7.40. The molecule has 2 aromatic rings. The first-order chi connectivity index (χ1) is 15.7. The lowest BCUT2D eigenvalue weighted by Gasteiger charge is -2.17. The lowest BCUT2D eigenvalue weighted by molar-refractivity contribution is -0.122. The number of thioether (sulfide) groups is 1. The average Bonchev–Trinajstić information content (AvgIpc) is 3.04. The van der Waals surface area contributed by atoms with Crippen molar-refractivity contribution in [1.29, 1.82) is 5.26 Å². The van der Waals surface area contributed by atoms with Crippen LogP contribution in [0.2, 0.25) is 0 Å². The number of hydrogen-bond acceptors (Lipinski definition) is 7. The van der Waals surface area contributed by atoms with Crippen LogP contribution in [0.3, 0.4) is 0 Å². The summed E-state index contributed by atoms with van der Waals surface area (Å²) >= 11 is 6.34. The summed E-state index contributed by atoms with van der Waals surface area (Å²) in [5, 5.41) is 19.9. The minimum atomic E-state index is -0.716. The second-order valence-electron chi connectivity index (χ2n) is 7.07. The molecule has 0 spiro atoms. The predicted octanol–water partition coefficient (Wildman–Crippen LogP) is 3.53. The molecular formula is C23H18FN3O4S2. The van der Waals surface area contributed by atoms with Gasteiger partial charge in [0.1, 0.15) is 21.8 Å². The van der Waals surface area contributed by atoms with Gasteiger partial charge in [0.2, 0.25) is 5.88 Å². The average molecular weight is 484 g/mol. The zero-order valence-corrected chi connectivity index (χ0v) is 19.1. The number of rotatable bonds is 7. The van der Waals surface area contributed by atoms with Crippen molar-refractivity contribution in [3.63, 3.8) is 0 Å². The molecule has 1 aliphatic heterocycles. The largest absolute Gasteiger partial charge is 0.494 e. The van der Waals surface area contributed by atoms with Gasteiger partial charge in [0.05, 0.1) is 10.5 Å². The number of aromatic nitrogens is 1. The Kier molecular flexibility index (Phi) is 7.26. The first kappa shape index (κ1) is 24.1. The lowest BCUT2D eigenvalue weighted by atomic mass is 10.00. The van der Waals surface area contributed by atoms with E-state index in [1.54, 1.807) is 12.1 Å². The van der Waals surface area contributed by atoms with E-state index in [1.165, 1.54) is 42.2 Å². The molecule has 0 unspecified atom stereocenters. The summed E-state index contributed by atoms with van der Waals surface area (Å²) in [6.07, 6.45) is 2.75. The van der Waals surface area contributed by atoms with Crippen LogP contribution in [-0.2, 0) is 11.3 Å². The van der Waals surface area contributed by atoms with E-state index in [0.717, 1.165) is 16.3 Å². The van der Waals surface area contributed by atoms with Gasteiger partial charge < -0.3 is 5.11 Å². The van der Waals surface area contributed by atoms with Gasteiger partial charge in [-0.3, -0.25) is 23.9 Å². The molecule has 0 bridgehead atoms. The lowest BCUT2D eigenvalue weighted by Crippen LogP contribution is -2.31. The maximum atomic E-state index is 13.1. The monoisotopic (exact) mass is 483 g/mol. The van der Waals surface area contributed by atoms with Crippen molar-refractivity contribution in [2.24, 2.45) is 0 Å². The van der Waals surface area contributed by atoms with Crippen LogP contribution in [0.15, 0.2) is 46.6 Å². The van der Waals surface area contributed by atoms with Crippen LogP contribution in [0, 0.1) is 24.1 Å². The molecule has 2 heterocycles. The van der Waals surface area contributed by atoms with Gasteiger partial charge in [-0.15, -0.1) is 6.58 Å². The number of Topliss-reactive ketones (excluding diaryl/α,β-unsaturated/α-hetero) is 1. The van der Waals surface area contributed by atoms with Crippen molar-refractivity contribution in [3.05, 3.63) is 80.3 Å². The maximum absolute atomic E-state index is 13.1. The Balaban J connectivity index is 1.83. The van der Waals surface area contributed by atoms with Gasteiger partial charge in [0, 0.05) is 19.5 Å². The molecule has 0 aliphatic carbocycles. The highest BCUT2D eigenvalue weighted by molar-refractivity contribution is 8.26. The highest BCUT2D eigenvalue weighted by Crippen LogP contribution is 2.33. The molecule has 1 fully saturated rings. The summed E-state index contributed by atoms with van der Waals surface area (Å²) in [5.41, 5.74) is -0.410. The molecular weight excluding hydrogens is 465 g/mol. The Bertz CT molecular complexity index is 1310. The third kappa shape index (κ3) is 4.79. The van der Waals surface area contributed by atoms with Crippen molar-refractivity contribution in [1.82, 2.24) is 9.47 Å². The van der Waals surface area contributed by atoms with Gasteiger partial charge in [-0.25, -0.2) is 4.39 Å². The third-order valence-electron chi connectivity index (χ3n) is 4.99. The molecule has 1 aromatic carbocycles. The molecule has 3 rings (SSSR count). The molecule has 0 atom stereocenters.